The van der Waals surface area contributed by atoms with E-state index in [1.165, 1.54) is 0 Å². The second kappa shape index (κ2) is 9.31. The van der Waals surface area contributed by atoms with Crippen LogP contribution in [0.3, 0.4) is 0 Å². The second-order valence-electron chi connectivity index (χ2n) is 6.93. The molecule has 0 aromatic carbocycles. The summed E-state index contributed by atoms with van der Waals surface area (Å²) in [7, 11) is 1.90. The fraction of sp³-hybridized carbons (Fsp3) is 0.450. The van der Waals surface area contributed by atoms with Crippen molar-refractivity contribution in [2.45, 2.75) is 46.6 Å². The number of carbonyl (C=O) groups excluding carboxylic acids is 1. The first-order chi connectivity index (χ1) is 14.0. The Morgan fingerprint density at radius 1 is 1.21 bits per heavy atom. The van der Waals surface area contributed by atoms with Crippen LogP contribution in [0.15, 0.2) is 24.9 Å². The largest absolute Gasteiger partial charge is 0.370 e. The Kier molecular flexibility index (Phi) is 6.58. The number of nitrogens with one attached hydrogen (secondary N) is 2. The van der Waals surface area contributed by atoms with E-state index < -0.39 is 0 Å². The lowest BCUT2D eigenvalue weighted by Gasteiger charge is -2.11. The van der Waals surface area contributed by atoms with Crippen LogP contribution >= 0.6 is 0 Å². The van der Waals surface area contributed by atoms with E-state index in [0.717, 1.165) is 48.6 Å². The van der Waals surface area contributed by atoms with Crippen molar-refractivity contribution in [1.82, 2.24) is 34.6 Å². The van der Waals surface area contributed by atoms with Crippen LogP contribution in [0, 0.1) is 6.92 Å². The van der Waals surface area contributed by atoms with Crippen molar-refractivity contribution < 1.29 is 4.79 Å². The van der Waals surface area contributed by atoms with Crippen molar-refractivity contribution in [3.8, 4) is 5.95 Å². The molecule has 0 aliphatic heterocycles. The minimum absolute atomic E-state index is 0.164. The maximum atomic E-state index is 12.9. The lowest BCUT2D eigenvalue weighted by molar-refractivity contribution is 0.0949. The zero-order chi connectivity index (χ0) is 20.8. The topological polar surface area (TPSA) is 103 Å². The predicted octanol–water partition coefficient (Wildman–Crippen LogP) is 2.41. The first kappa shape index (κ1) is 20.5. The zero-order valence-corrected chi connectivity index (χ0v) is 17.4. The summed E-state index contributed by atoms with van der Waals surface area (Å²) in [5, 5.41) is 10.6. The smallest absolute Gasteiger partial charge is 0.255 e. The predicted molar refractivity (Wildman–Crippen MR) is 111 cm³/mol. The van der Waals surface area contributed by atoms with Gasteiger partial charge in [0.25, 0.3) is 11.9 Å². The number of aromatic nitrogens is 6. The summed E-state index contributed by atoms with van der Waals surface area (Å²) < 4.78 is 3.55. The van der Waals surface area contributed by atoms with E-state index in [1.807, 2.05) is 25.5 Å². The molecule has 154 valence electrons. The van der Waals surface area contributed by atoms with E-state index in [-0.39, 0.29) is 5.91 Å². The van der Waals surface area contributed by atoms with Crippen LogP contribution in [-0.2, 0) is 20.0 Å². The molecule has 0 aliphatic carbocycles. The monoisotopic (exact) mass is 396 g/mol. The molecule has 2 N–H and O–H groups in total. The first-order valence-electron chi connectivity index (χ1n) is 9.93. The molecular weight excluding hydrogens is 368 g/mol. The van der Waals surface area contributed by atoms with E-state index in [2.05, 4.69) is 37.6 Å². The molecule has 3 aromatic heterocycles. The Balaban J connectivity index is 1.89. The number of hydrogen-bond donors (Lipinski definition) is 2. The highest BCUT2D eigenvalue weighted by atomic mass is 16.1. The number of anilines is 1. The average Bonchev–Trinajstić information content (AvgIpc) is 3.32. The third-order valence-electron chi connectivity index (χ3n) is 4.72. The van der Waals surface area contributed by atoms with Crippen LogP contribution in [-0.4, -0.2) is 41.8 Å². The number of aryl methyl sites for hydroxylation is 2. The lowest BCUT2D eigenvalue weighted by Crippen LogP contribution is -2.25. The van der Waals surface area contributed by atoms with E-state index in [4.69, 9.17) is 0 Å². The van der Waals surface area contributed by atoms with Gasteiger partial charge in [0.15, 0.2) is 0 Å². The Bertz CT molecular complexity index is 975. The average molecular weight is 396 g/mol. The quantitative estimate of drug-likeness (QED) is 0.576. The van der Waals surface area contributed by atoms with Gasteiger partial charge < -0.3 is 15.2 Å². The van der Waals surface area contributed by atoms with Gasteiger partial charge in [0.2, 0.25) is 0 Å². The van der Waals surface area contributed by atoms with Crippen LogP contribution in [0.4, 0.5) is 5.82 Å². The van der Waals surface area contributed by atoms with Crippen molar-refractivity contribution in [3.63, 3.8) is 0 Å². The van der Waals surface area contributed by atoms with Crippen LogP contribution in [0.5, 0.6) is 0 Å². The molecule has 3 aromatic rings. The van der Waals surface area contributed by atoms with E-state index in [0.29, 0.717) is 18.1 Å². The number of unbranched alkanes of at least 4 members (excludes halogenated alkanes) is 1. The number of imidazole rings is 1. The number of carbonyl (C=O) groups is 1. The molecule has 0 spiro atoms. The van der Waals surface area contributed by atoms with Crippen molar-refractivity contribution in [2.24, 2.45) is 7.05 Å². The van der Waals surface area contributed by atoms with Gasteiger partial charge in [-0.1, -0.05) is 13.3 Å². The number of amides is 1. The van der Waals surface area contributed by atoms with Gasteiger partial charge in [-0.15, -0.1) is 0 Å². The van der Waals surface area contributed by atoms with E-state index in [1.54, 1.807) is 29.6 Å². The van der Waals surface area contributed by atoms with Gasteiger partial charge in [0.1, 0.15) is 5.82 Å². The summed E-state index contributed by atoms with van der Waals surface area (Å²) in [5.74, 6) is 1.07. The van der Waals surface area contributed by atoms with Crippen molar-refractivity contribution >= 4 is 11.7 Å². The van der Waals surface area contributed by atoms with Crippen molar-refractivity contribution in [1.29, 1.82) is 0 Å². The van der Waals surface area contributed by atoms with Gasteiger partial charge >= 0.3 is 0 Å². The summed E-state index contributed by atoms with van der Waals surface area (Å²) >= 11 is 0. The number of hydrogen-bond acceptors (Lipinski definition) is 6. The summed E-state index contributed by atoms with van der Waals surface area (Å²) in [5.41, 5.74) is 3.26. The van der Waals surface area contributed by atoms with Gasteiger partial charge in [-0.05, 0) is 26.7 Å². The van der Waals surface area contributed by atoms with E-state index in [9.17, 15) is 4.79 Å². The highest BCUT2D eigenvalue weighted by Gasteiger charge is 2.20. The number of rotatable bonds is 9. The molecule has 0 atom stereocenters. The van der Waals surface area contributed by atoms with Gasteiger partial charge in [0, 0.05) is 31.5 Å². The summed E-state index contributed by atoms with van der Waals surface area (Å²) in [6, 6.07) is 0. The molecule has 3 heterocycles. The zero-order valence-electron chi connectivity index (χ0n) is 17.4. The molecule has 0 fully saturated rings. The normalized spacial score (nSPS) is 10.9. The summed E-state index contributed by atoms with van der Waals surface area (Å²) in [6.45, 7) is 7.27. The minimum atomic E-state index is -0.164. The molecule has 9 nitrogen and oxygen atoms in total. The van der Waals surface area contributed by atoms with Crippen LogP contribution < -0.4 is 10.6 Å². The lowest BCUT2D eigenvalue weighted by atomic mass is 10.1. The van der Waals surface area contributed by atoms with Crippen molar-refractivity contribution in [3.05, 3.63) is 47.4 Å². The Labute approximate surface area is 170 Å². The summed E-state index contributed by atoms with van der Waals surface area (Å²) in [4.78, 5) is 26.0. The number of nitrogens with zero attached hydrogens (tertiary/aromatic N) is 6. The molecule has 0 bridgehead atoms. The van der Waals surface area contributed by atoms with Crippen molar-refractivity contribution in [2.75, 3.05) is 11.9 Å². The molecule has 0 unspecified atom stereocenters. The van der Waals surface area contributed by atoms with Crippen LogP contribution in [0.2, 0.25) is 0 Å². The highest BCUT2D eigenvalue weighted by molar-refractivity contribution is 5.95. The molecule has 29 heavy (non-hydrogen) atoms. The molecule has 0 saturated heterocycles. The van der Waals surface area contributed by atoms with E-state index >= 15 is 0 Å². The minimum Gasteiger partial charge on any atom is -0.370 e. The fourth-order valence-corrected chi connectivity index (χ4v) is 3.02. The molecular formula is C20H28N8O. The molecule has 1 amide bonds. The Hall–Kier alpha value is -3.23. The fourth-order valence-electron chi connectivity index (χ4n) is 3.02. The first-order valence-corrected chi connectivity index (χ1v) is 9.93. The molecule has 0 saturated carbocycles. The molecule has 9 heteroatoms. The maximum Gasteiger partial charge on any atom is 0.255 e. The van der Waals surface area contributed by atoms with Crippen LogP contribution in [0.25, 0.3) is 5.95 Å². The van der Waals surface area contributed by atoms with Crippen LogP contribution in [0.1, 0.15) is 54.0 Å². The third kappa shape index (κ3) is 4.61. The molecule has 3 rings (SSSR count). The third-order valence-corrected chi connectivity index (χ3v) is 4.72. The van der Waals surface area contributed by atoms with Gasteiger partial charge in [0.05, 0.1) is 36.0 Å². The molecule has 0 aliphatic rings. The highest BCUT2D eigenvalue weighted by Crippen LogP contribution is 2.18. The maximum absolute atomic E-state index is 12.9. The second-order valence-corrected chi connectivity index (χ2v) is 6.93. The molecule has 0 radical (unpaired) electrons. The Morgan fingerprint density at radius 3 is 2.72 bits per heavy atom. The van der Waals surface area contributed by atoms with Gasteiger partial charge in [-0.2, -0.15) is 10.1 Å². The Morgan fingerprint density at radius 2 is 2.03 bits per heavy atom. The van der Waals surface area contributed by atoms with Gasteiger partial charge in [-0.25, -0.2) is 14.6 Å². The van der Waals surface area contributed by atoms with Gasteiger partial charge in [-0.3, -0.25) is 4.79 Å². The summed E-state index contributed by atoms with van der Waals surface area (Å²) in [6.07, 6.45) is 9.50. The standard InChI is InChI=1S/C20H28N8O/c1-5-7-8-17-16(19(29)23-11-15-10-21-13-27(15)4)12-25-28(17)20-24-9-14(3)18(26-20)22-6-2/h9-10,12-13H,5-8,11H2,1-4H3,(H,23,29)(H,22,24,26). The SMILES string of the molecule is CCCCc1c(C(=O)NCc2cncn2C)cnn1-c1ncc(C)c(NCC)n1.